The summed E-state index contributed by atoms with van der Waals surface area (Å²) in [6, 6.07) is 11.8. The van der Waals surface area contributed by atoms with Gasteiger partial charge in [-0.15, -0.1) is 0 Å². The fourth-order valence-electron chi connectivity index (χ4n) is 2.58. The summed E-state index contributed by atoms with van der Waals surface area (Å²) in [5, 5.41) is 11.4. The van der Waals surface area contributed by atoms with Gasteiger partial charge in [-0.05, 0) is 43.9 Å². The second kappa shape index (κ2) is 8.36. The maximum absolute atomic E-state index is 14.0. The lowest BCUT2D eigenvalue weighted by molar-refractivity contribution is 0.0940. The van der Waals surface area contributed by atoms with Crippen molar-refractivity contribution in [1.29, 1.82) is 5.26 Å². The molecule has 0 aromatic heterocycles. The van der Waals surface area contributed by atoms with Crippen LogP contribution in [0.2, 0.25) is 0 Å². The molecule has 130 valence electrons. The van der Waals surface area contributed by atoms with Crippen LogP contribution in [-0.2, 0) is 6.42 Å². The lowest BCUT2D eigenvalue weighted by Crippen LogP contribution is -2.35. The van der Waals surface area contributed by atoms with Gasteiger partial charge in [0.05, 0.1) is 18.5 Å². The van der Waals surface area contributed by atoms with E-state index in [0.717, 1.165) is 5.56 Å². The maximum atomic E-state index is 14.0. The number of amides is 1. The van der Waals surface area contributed by atoms with E-state index < -0.39 is 17.7 Å². The highest BCUT2D eigenvalue weighted by Gasteiger charge is 2.23. The summed E-state index contributed by atoms with van der Waals surface area (Å²) in [6.45, 7) is 0.0478. The second-order valence-corrected chi connectivity index (χ2v) is 5.86. The van der Waals surface area contributed by atoms with E-state index in [-0.39, 0.29) is 24.4 Å². The zero-order chi connectivity index (χ0) is 18.4. The quantitative estimate of drug-likeness (QED) is 0.877. The minimum absolute atomic E-state index is 0.0478. The summed E-state index contributed by atoms with van der Waals surface area (Å²) in [4.78, 5) is 14.0. The van der Waals surface area contributed by atoms with Gasteiger partial charge in [-0.3, -0.25) is 4.79 Å². The van der Waals surface area contributed by atoms with E-state index >= 15 is 0 Å². The largest absolute Gasteiger partial charge is 0.350 e. The monoisotopic (exact) mass is 343 g/mol. The van der Waals surface area contributed by atoms with Gasteiger partial charge in [-0.25, -0.2) is 8.78 Å². The number of hydrogen-bond acceptors (Lipinski definition) is 3. The van der Waals surface area contributed by atoms with E-state index in [0.29, 0.717) is 5.56 Å². The van der Waals surface area contributed by atoms with Crippen LogP contribution < -0.4 is 5.32 Å². The number of carbonyl (C=O) groups is 1. The van der Waals surface area contributed by atoms with Crippen molar-refractivity contribution in [2.45, 2.75) is 12.5 Å². The molecule has 0 aliphatic carbocycles. The van der Waals surface area contributed by atoms with Crippen LogP contribution in [0.1, 0.15) is 27.5 Å². The van der Waals surface area contributed by atoms with E-state index in [4.69, 9.17) is 5.26 Å². The topological polar surface area (TPSA) is 56.1 Å². The number of benzene rings is 2. The van der Waals surface area contributed by atoms with Gasteiger partial charge in [0, 0.05) is 17.7 Å². The van der Waals surface area contributed by atoms with Crippen molar-refractivity contribution < 1.29 is 13.6 Å². The molecule has 1 amide bonds. The number of nitrogens with one attached hydrogen (secondary N) is 1. The lowest BCUT2D eigenvalue weighted by Gasteiger charge is -2.26. The molecule has 0 aliphatic heterocycles. The molecule has 1 atom stereocenters. The Morgan fingerprint density at radius 2 is 1.84 bits per heavy atom. The molecule has 0 heterocycles. The minimum Gasteiger partial charge on any atom is -0.350 e. The van der Waals surface area contributed by atoms with Gasteiger partial charge in [0.2, 0.25) is 0 Å². The van der Waals surface area contributed by atoms with Gasteiger partial charge in [0.15, 0.2) is 0 Å². The Labute approximate surface area is 145 Å². The fraction of sp³-hybridized carbons (Fsp3) is 0.263. The Kier molecular flexibility index (Phi) is 6.20. The predicted molar refractivity (Wildman–Crippen MR) is 90.9 cm³/mol. The Balaban J connectivity index is 2.15. The normalized spacial score (nSPS) is 11.8. The first-order chi connectivity index (χ1) is 11.9. The predicted octanol–water partition coefficient (Wildman–Crippen LogP) is 3.06. The molecule has 0 fully saturated rings. The van der Waals surface area contributed by atoms with Gasteiger partial charge in [-0.2, -0.15) is 5.26 Å². The number of likely N-dealkylation sites (N-methyl/N-ethyl adjacent to an activating group) is 1. The second-order valence-electron chi connectivity index (χ2n) is 5.86. The molecule has 0 aliphatic rings. The first-order valence-corrected chi connectivity index (χ1v) is 7.78. The summed E-state index contributed by atoms with van der Waals surface area (Å²) in [7, 11) is 3.38. The summed E-state index contributed by atoms with van der Waals surface area (Å²) < 4.78 is 28.1. The van der Waals surface area contributed by atoms with E-state index in [2.05, 4.69) is 5.32 Å². The molecule has 0 saturated carbocycles. The Morgan fingerprint density at radius 3 is 2.44 bits per heavy atom. The van der Waals surface area contributed by atoms with Crippen molar-refractivity contribution in [3.8, 4) is 6.07 Å². The number of hydrogen-bond donors (Lipinski definition) is 1. The Bertz CT molecular complexity index is 779. The van der Waals surface area contributed by atoms with Crippen LogP contribution >= 0.6 is 0 Å². The average molecular weight is 343 g/mol. The zero-order valence-corrected chi connectivity index (χ0v) is 14.1. The summed E-state index contributed by atoms with van der Waals surface area (Å²) in [6.07, 6.45) is 0.210. The van der Waals surface area contributed by atoms with Crippen molar-refractivity contribution in [3.05, 3.63) is 70.8 Å². The third-order valence-corrected chi connectivity index (χ3v) is 3.88. The van der Waals surface area contributed by atoms with Gasteiger partial charge < -0.3 is 10.2 Å². The molecule has 2 aromatic rings. The molecule has 0 unspecified atom stereocenters. The molecule has 1 N–H and O–H groups in total. The number of carbonyl (C=O) groups excluding carboxylic acids is 1. The fourth-order valence-corrected chi connectivity index (χ4v) is 2.58. The van der Waals surface area contributed by atoms with Gasteiger partial charge in [0.1, 0.15) is 11.6 Å². The standard InChI is InChI=1S/C19H19F2N3O/c1-24(2)17(18-15(20)7-4-8-16(18)21)12-23-19(25)14-6-3-5-13(11-14)9-10-22/h3-8,11,17H,9,12H2,1-2H3,(H,23,25)/t17-/m1/s1. The molecule has 2 aromatic carbocycles. The molecular formula is C19H19F2N3O. The van der Waals surface area contributed by atoms with E-state index in [9.17, 15) is 13.6 Å². The lowest BCUT2D eigenvalue weighted by atomic mass is 10.0. The molecule has 0 spiro atoms. The molecule has 6 heteroatoms. The van der Waals surface area contributed by atoms with E-state index in [1.54, 1.807) is 43.3 Å². The average Bonchev–Trinajstić information content (AvgIpc) is 2.57. The summed E-state index contributed by atoms with van der Waals surface area (Å²) in [5.74, 6) is -1.66. The molecule has 0 saturated heterocycles. The SMILES string of the molecule is CN(C)[C@H](CNC(=O)c1cccc(CC#N)c1)c1c(F)cccc1F. The Hall–Kier alpha value is -2.78. The molecular weight excluding hydrogens is 324 g/mol. The molecule has 25 heavy (non-hydrogen) atoms. The molecule has 2 rings (SSSR count). The van der Waals surface area contributed by atoms with Crippen LogP contribution in [0.5, 0.6) is 0 Å². The van der Waals surface area contributed by atoms with E-state index in [1.807, 2.05) is 6.07 Å². The van der Waals surface area contributed by atoms with Crippen LogP contribution in [0.25, 0.3) is 0 Å². The van der Waals surface area contributed by atoms with Crippen LogP contribution in [-0.4, -0.2) is 31.4 Å². The maximum Gasteiger partial charge on any atom is 0.251 e. The number of halogens is 2. The van der Waals surface area contributed by atoms with Crippen LogP contribution in [0.15, 0.2) is 42.5 Å². The highest BCUT2D eigenvalue weighted by atomic mass is 19.1. The number of rotatable bonds is 6. The molecule has 0 radical (unpaired) electrons. The van der Waals surface area contributed by atoms with Crippen molar-refractivity contribution >= 4 is 5.91 Å². The zero-order valence-electron chi connectivity index (χ0n) is 14.1. The summed E-state index contributed by atoms with van der Waals surface area (Å²) in [5.41, 5.74) is 1.06. The number of nitriles is 1. The molecule has 4 nitrogen and oxygen atoms in total. The van der Waals surface area contributed by atoms with Gasteiger partial charge >= 0.3 is 0 Å². The van der Waals surface area contributed by atoms with Crippen molar-refractivity contribution in [3.63, 3.8) is 0 Å². The first kappa shape index (κ1) is 18.6. The van der Waals surface area contributed by atoms with Crippen LogP contribution in [0.4, 0.5) is 8.78 Å². The number of nitrogens with zero attached hydrogens (tertiary/aromatic N) is 2. The minimum atomic E-state index is -0.649. The third kappa shape index (κ3) is 4.61. The third-order valence-electron chi connectivity index (χ3n) is 3.88. The van der Waals surface area contributed by atoms with Crippen LogP contribution in [0.3, 0.4) is 0 Å². The first-order valence-electron chi connectivity index (χ1n) is 7.78. The van der Waals surface area contributed by atoms with Gasteiger partial charge in [0.25, 0.3) is 5.91 Å². The van der Waals surface area contributed by atoms with E-state index in [1.165, 1.54) is 18.2 Å². The highest BCUT2D eigenvalue weighted by molar-refractivity contribution is 5.94. The molecule has 0 bridgehead atoms. The Morgan fingerprint density at radius 1 is 1.20 bits per heavy atom. The summed E-state index contributed by atoms with van der Waals surface area (Å²) >= 11 is 0. The van der Waals surface area contributed by atoms with Gasteiger partial charge in [-0.1, -0.05) is 18.2 Å². The highest BCUT2D eigenvalue weighted by Crippen LogP contribution is 2.24. The van der Waals surface area contributed by atoms with Crippen molar-refractivity contribution in [2.75, 3.05) is 20.6 Å². The van der Waals surface area contributed by atoms with Crippen LogP contribution in [0, 0.1) is 23.0 Å². The van der Waals surface area contributed by atoms with Crippen molar-refractivity contribution in [1.82, 2.24) is 10.2 Å². The smallest absolute Gasteiger partial charge is 0.251 e. The van der Waals surface area contributed by atoms with Crippen molar-refractivity contribution in [2.24, 2.45) is 0 Å².